The van der Waals surface area contributed by atoms with Gasteiger partial charge in [-0.1, -0.05) is 28.1 Å². The fraction of sp³-hybridized carbons (Fsp3) is 0.143. The summed E-state index contributed by atoms with van der Waals surface area (Å²) in [6.45, 7) is 0.541. The van der Waals surface area contributed by atoms with Gasteiger partial charge in [-0.25, -0.2) is 0 Å². The molecule has 2 aromatic carbocycles. The molecule has 0 aliphatic carbocycles. The summed E-state index contributed by atoms with van der Waals surface area (Å²) in [5, 5.41) is 10.5. The Kier molecular flexibility index (Phi) is 4.52. The molecule has 0 saturated heterocycles. The highest BCUT2D eigenvalue weighted by Gasteiger charge is 2.03. The molecule has 0 aromatic heterocycles. The highest BCUT2D eigenvalue weighted by molar-refractivity contribution is 9.10. The van der Waals surface area contributed by atoms with Gasteiger partial charge in [-0.2, -0.15) is 0 Å². The van der Waals surface area contributed by atoms with Crippen LogP contribution in [0.5, 0.6) is 5.75 Å². The van der Waals surface area contributed by atoms with Gasteiger partial charge in [-0.15, -0.1) is 0 Å². The van der Waals surface area contributed by atoms with Crippen LogP contribution in [0, 0.1) is 10.1 Å². The number of halogens is 1. The number of ether oxygens (including phenoxy) is 1. The molecule has 0 heterocycles. The summed E-state index contributed by atoms with van der Waals surface area (Å²) in [4.78, 5) is 10.1. The maximum Gasteiger partial charge on any atom is 0.269 e. The lowest BCUT2D eigenvalue weighted by Gasteiger charge is -2.06. The lowest BCUT2D eigenvalue weighted by atomic mass is 10.1. The number of hydrogen-bond acceptors (Lipinski definition) is 3. The zero-order valence-electron chi connectivity index (χ0n) is 10.1. The Balaban J connectivity index is 1.85. The van der Waals surface area contributed by atoms with Crippen LogP contribution in [-0.4, -0.2) is 11.5 Å². The van der Waals surface area contributed by atoms with Crippen molar-refractivity contribution in [1.82, 2.24) is 0 Å². The predicted molar refractivity (Wildman–Crippen MR) is 76.4 cm³/mol. The largest absolute Gasteiger partial charge is 0.493 e. The minimum Gasteiger partial charge on any atom is -0.493 e. The summed E-state index contributed by atoms with van der Waals surface area (Å²) in [6.07, 6.45) is 0.716. The van der Waals surface area contributed by atoms with E-state index in [9.17, 15) is 10.1 Å². The zero-order valence-corrected chi connectivity index (χ0v) is 11.7. The minimum atomic E-state index is -0.401. The number of hydrogen-bond donors (Lipinski definition) is 0. The van der Waals surface area contributed by atoms with Gasteiger partial charge in [0.05, 0.1) is 11.5 Å². The van der Waals surface area contributed by atoms with Gasteiger partial charge in [-0.05, 0) is 29.8 Å². The van der Waals surface area contributed by atoms with Crippen LogP contribution in [0.15, 0.2) is 53.0 Å². The van der Waals surface area contributed by atoms with Crippen molar-refractivity contribution in [2.24, 2.45) is 0 Å². The Morgan fingerprint density at radius 3 is 2.26 bits per heavy atom. The Morgan fingerprint density at radius 1 is 1.05 bits per heavy atom. The van der Waals surface area contributed by atoms with Gasteiger partial charge < -0.3 is 4.74 Å². The molecule has 0 aliphatic rings. The fourth-order valence-electron chi connectivity index (χ4n) is 1.60. The third-order valence-corrected chi connectivity index (χ3v) is 3.15. The van der Waals surface area contributed by atoms with Gasteiger partial charge in [0, 0.05) is 23.0 Å². The molecule has 0 fully saturated rings. The second kappa shape index (κ2) is 6.33. The number of non-ortho nitro benzene ring substituents is 1. The highest BCUT2D eigenvalue weighted by Crippen LogP contribution is 2.17. The Morgan fingerprint density at radius 2 is 1.68 bits per heavy atom. The molecule has 5 heteroatoms. The van der Waals surface area contributed by atoms with Gasteiger partial charge in [0.25, 0.3) is 5.69 Å². The SMILES string of the molecule is O=[N+]([O-])c1ccc(CCOc2ccc(Br)cc2)cc1. The highest BCUT2D eigenvalue weighted by atomic mass is 79.9. The van der Waals surface area contributed by atoms with Crippen molar-refractivity contribution in [2.75, 3.05) is 6.61 Å². The van der Waals surface area contributed by atoms with E-state index < -0.39 is 4.92 Å². The maximum absolute atomic E-state index is 10.5. The van der Waals surface area contributed by atoms with Crippen molar-refractivity contribution >= 4 is 21.6 Å². The van der Waals surface area contributed by atoms with E-state index in [0.717, 1.165) is 15.8 Å². The molecule has 0 N–H and O–H groups in total. The molecule has 2 rings (SSSR count). The third-order valence-electron chi connectivity index (χ3n) is 2.62. The first-order valence-electron chi connectivity index (χ1n) is 5.77. The van der Waals surface area contributed by atoms with Crippen LogP contribution in [-0.2, 0) is 6.42 Å². The molecule has 0 bridgehead atoms. The topological polar surface area (TPSA) is 52.4 Å². The molecule has 19 heavy (non-hydrogen) atoms. The smallest absolute Gasteiger partial charge is 0.269 e. The van der Waals surface area contributed by atoms with Crippen molar-refractivity contribution in [1.29, 1.82) is 0 Å². The number of benzene rings is 2. The lowest BCUT2D eigenvalue weighted by Crippen LogP contribution is -2.01. The van der Waals surface area contributed by atoms with Crippen molar-refractivity contribution < 1.29 is 9.66 Å². The van der Waals surface area contributed by atoms with Crippen LogP contribution in [0.4, 0.5) is 5.69 Å². The standard InChI is InChI=1S/C14H12BrNO3/c15-12-3-7-14(8-4-12)19-10-9-11-1-5-13(6-2-11)16(17)18/h1-8H,9-10H2. The molecule has 0 unspecified atom stereocenters. The van der Waals surface area contributed by atoms with E-state index in [1.165, 1.54) is 12.1 Å². The first-order valence-corrected chi connectivity index (χ1v) is 6.56. The average Bonchev–Trinajstić information content (AvgIpc) is 2.41. The van der Waals surface area contributed by atoms with E-state index in [4.69, 9.17) is 4.74 Å². The monoisotopic (exact) mass is 321 g/mol. The molecule has 0 amide bonds. The third kappa shape index (κ3) is 4.06. The summed E-state index contributed by atoms with van der Waals surface area (Å²) in [5.74, 6) is 0.810. The second-order valence-corrected chi connectivity index (χ2v) is 4.89. The van der Waals surface area contributed by atoms with Crippen LogP contribution >= 0.6 is 15.9 Å². The van der Waals surface area contributed by atoms with E-state index in [2.05, 4.69) is 15.9 Å². The normalized spacial score (nSPS) is 10.2. The van der Waals surface area contributed by atoms with E-state index in [1.54, 1.807) is 12.1 Å². The van der Waals surface area contributed by atoms with Gasteiger partial charge in [0.2, 0.25) is 0 Å². The van der Waals surface area contributed by atoms with Crippen LogP contribution < -0.4 is 4.74 Å². The Labute approximate surface area is 119 Å². The quantitative estimate of drug-likeness (QED) is 0.618. The molecule has 0 saturated carbocycles. The van der Waals surface area contributed by atoms with E-state index >= 15 is 0 Å². The van der Waals surface area contributed by atoms with Crippen LogP contribution in [0.3, 0.4) is 0 Å². The van der Waals surface area contributed by atoms with Gasteiger partial charge in [0.15, 0.2) is 0 Å². The summed E-state index contributed by atoms with van der Waals surface area (Å²) in [7, 11) is 0. The average molecular weight is 322 g/mol. The molecular weight excluding hydrogens is 310 g/mol. The van der Waals surface area contributed by atoms with Crippen molar-refractivity contribution in [3.8, 4) is 5.75 Å². The van der Waals surface area contributed by atoms with Gasteiger partial charge in [-0.3, -0.25) is 10.1 Å². The van der Waals surface area contributed by atoms with Crippen LogP contribution in [0.1, 0.15) is 5.56 Å². The Bertz CT molecular complexity index is 552. The molecule has 0 aliphatic heterocycles. The zero-order chi connectivity index (χ0) is 13.7. The molecule has 0 atom stereocenters. The molecule has 4 nitrogen and oxygen atoms in total. The Hall–Kier alpha value is -1.88. The predicted octanol–water partition coefficient (Wildman–Crippen LogP) is 3.98. The van der Waals surface area contributed by atoms with Crippen molar-refractivity contribution in [3.63, 3.8) is 0 Å². The molecule has 0 spiro atoms. The molecular formula is C14H12BrNO3. The van der Waals surface area contributed by atoms with E-state index in [-0.39, 0.29) is 5.69 Å². The van der Waals surface area contributed by atoms with Gasteiger partial charge >= 0.3 is 0 Å². The maximum atomic E-state index is 10.5. The molecule has 98 valence electrons. The molecule has 2 aromatic rings. The first kappa shape index (κ1) is 13.5. The summed E-state index contributed by atoms with van der Waals surface area (Å²) in [5.41, 5.74) is 1.13. The van der Waals surface area contributed by atoms with E-state index in [1.807, 2.05) is 24.3 Å². The first-order chi connectivity index (χ1) is 9.15. The second-order valence-electron chi connectivity index (χ2n) is 3.98. The van der Waals surface area contributed by atoms with Crippen molar-refractivity contribution in [3.05, 3.63) is 68.7 Å². The van der Waals surface area contributed by atoms with Crippen molar-refractivity contribution in [2.45, 2.75) is 6.42 Å². The van der Waals surface area contributed by atoms with Crippen LogP contribution in [0.25, 0.3) is 0 Å². The summed E-state index contributed by atoms with van der Waals surface area (Å²) in [6, 6.07) is 14.1. The van der Waals surface area contributed by atoms with E-state index in [0.29, 0.717) is 13.0 Å². The number of nitrogens with zero attached hydrogens (tertiary/aromatic N) is 1. The lowest BCUT2D eigenvalue weighted by molar-refractivity contribution is -0.384. The molecule has 0 radical (unpaired) electrons. The number of nitro benzene ring substituents is 1. The summed E-state index contributed by atoms with van der Waals surface area (Å²) < 4.78 is 6.60. The number of rotatable bonds is 5. The van der Waals surface area contributed by atoms with Gasteiger partial charge in [0.1, 0.15) is 5.75 Å². The fourth-order valence-corrected chi connectivity index (χ4v) is 1.87. The minimum absolute atomic E-state index is 0.109. The van der Waals surface area contributed by atoms with Crippen LogP contribution in [0.2, 0.25) is 0 Å². The summed E-state index contributed by atoms with van der Waals surface area (Å²) >= 11 is 3.36. The number of nitro groups is 1.